The van der Waals surface area contributed by atoms with Crippen LogP contribution in [0.2, 0.25) is 0 Å². The molecule has 6 atom stereocenters. The number of anilines is 1. The summed E-state index contributed by atoms with van der Waals surface area (Å²) in [6.45, 7) is 0. The van der Waals surface area contributed by atoms with Crippen LogP contribution in [0.5, 0.6) is 17.2 Å². The number of ether oxygens (including phenoxy) is 1. The van der Waals surface area contributed by atoms with E-state index in [1.807, 2.05) is 0 Å². The summed E-state index contributed by atoms with van der Waals surface area (Å²) in [6.07, 6.45) is 1.66. The summed E-state index contributed by atoms with van der Waals surface area (Å²) in [5, 5.41) is 29.7. The van der Waals surface area contributed by atoms with Crippen LogP contribution in [-0.4, -0.2) is 73.7 Å². The highest BCUT2D eigenvalue weighted by atomic mass is 35.5. The third-order valence-electron chi connectivity index (χ3n) is 9.02. The van der Waals surface area contributed by atoms with Gasteiger partial charge in [0.2, 0.25) is 11.8 Å². The van der Waals surface area contributed by atoms with Crippen LogP contribution in [0.1, 0.15) is 34.7 Å². The molecule has 2 aliphatic heterocycles. The number of halogens is 2. The number of aromatic hydroxyl groups is 2. The second-order valence-electron chi connectivity index (χ2n) is 10.9. The number of nitrogens with zero attached hydrogens (tertiary/aromatic N) is 2. The standard InChI is InChI=1S/C29H24Cl2N2O9/c1-32-26(40)28(30)11-17-14(22(29(28,31)27(32)41)12-3-8-18(34)20(9-12)42-2)6-7-16-21(17)24(37)33(23(16)36)13-4-5-15(25(38)39)19(35)10-13/h3-6,8-10,16-17,21-22,34-35H,7,11H2,1-2H3,(H,38,39)/t16-,17+,21-,22-,28+,29-/m0/s1. The number of alkyl halides is 2. The van der Waals surface area contributed by atoms with Gasteiger partial charge in [0, 0.05) is 19.0 Å². The van der Waals surface area contributed by atoms with Gasteiger partial charge >= 0.3 is 5.97 Å². The minimum Gasteiger partial charge on any atom is -0.507 e. The lowest BCUT2D eigenvalue weighted by atomic mass is 9.56. The molecule has 11 nitrogen and oxygen atoms in total. The zero-order valence-electron chi connectivity index (χ0n) is 22.2. The van der Waals surface area contributed by atoms with Gasteiger partial charge in [-0.05, 0) is 48.6 Å². The number of allylic oxidation sites excluding steroid dienone is 2. The number of carbonyl (C=O) groups excluding carboxylic acids is 4. The Labute approximate surface area is 248 Å². The van der Waals surface area contributed by atoms with E-state index in [0.29, 0.717) is 11.1 Å². The van der Waals surface area contributed by atoms with Crippen molar-refractivity contribution in [1.82, 2.24) is 4.90 Å². The summed E-state index contributed by atoms with van der Waals surface area (Å²) in [7, 11) is 2.64. The number of hydrogen-bond acceptors (Lipinski definition) is 8. The maximum absolute atomic E-state index is 14.0. The van der Waals surface area contributed by atoms with E-state index >= 15 is 0 Å². The van der Waals surface area contributed by atoms with Gasteiger partial charge in [0.05, 0.1) is 24.6 Å². The Balaban J connectivity index is 1.49. The molecule has 13 heteroatoms. The van der Waals surface area contributed by atoms with Crippen LogP contribution in [0.3, 0.4) is 0 Å². The fraction of sp³-hybridized carbons (Fsp3) is 0.345. The first-order chi connectivity index (χ1) is 19.8. The fourth-order valence-electron chi connectivity index (χ4n) is 7.09. The van der Waals surface area contributed by atoms with Crippen LogP contribution in [0, 0.1) is 17.8 Å². The van der Waals surface area contributed by atoms with E-state index in [-0.39, 0.29) is 30.0 Å². The van der Waals surface area contributed by atoms with Crippen molar-refractivity contribution < 1.29 is 44.0 Å². The SMILES string of the molecule is COc1cc([C@H]2C3=CC[C@@H]4C(=O)N(c5ccc(C(=O)O)c(O)c5)C(=O)[C@@H]4[C@@H]3C[C@@]3(Cl)C(=O)N(C)C(=O)[C@@]23Cl)ccc1O. The number of phenols is 2. The van der Waals surface area contributed by atoms with E-state index in [1.54, 1.807) is 6.08 Å². The number of methoxy groups -OCH3 is 1. The summed E-state index contributed by atoms with van der Waals surface area (Å²) >= 11 is 14.2. The lowest BCUT2D eigenvalue weighted by molar-refractivity contribution is -0.138. The molecule has 4 aliphatic rings. The molecule has 2 aliphatic carbocycles. The van der Waals surface area contributed by atoms with Crippen molar-refractivity contribution in [1.29, 1.82) is 0 Å². The molecule has 2 aromatic rings. The molecule has 3 fully saturated rings. The Morgan fingerprint density at radius 2 is 1.69 bits per heavy atom. The summed E-state index contributed by atoms with van der Waals surface area (Å²) in [6, 6.07) is 7.80. The molecule has 1 saturated carbocycles. The molecular weight excluding hydrogens is 591 g/mol. The Kier molecular flexibility index (Phi) is 6.15. The van der Waals surface area contributed by atoms with Crippen molar-refractivity contribution in [2.24, 2.45) is 17.8 Å². The molecule has 0 radical (unpaired) electrons. The number of benzene rings is 2. The number of imide groups is 2. The van der Waals surface area contributed by atoms with E-state index in [1.165, 1.54) is 38.4 Å². The minimum atomic E-state index is -1.98. The van der Waals surface area contributed by atoms with Crippen LogP contribution >= 0.6 is 23.2 Å². The molecule has 6 rings (SSSR count). The Morgan fingerprint density at radius 1 is 0.976 bits per heavy atom. The normalized spacial score (nSPS) is 32.0. The second kappa shape index (κ2) is 9.20. The van der Waals surface area contributed by atoms with E-state index < -0.39 is 74.3 Å². The van der Waals surface area contributed by atoms with Gasteiger partial charge in [0.25, 0.3) is 11.8 Å². The molecule has 0 bridgehead atoms. The van der Waals surface area contributed by atoms with Gasteiger partial charge in [-0.25, -0.2) is 9.69 Å². The second-order valence-corrected chi connectivity index (χ2v) is 12.2. The highest BCUT2D eigenvalue weighted by molar-refractivity contribution is 6.53. The fourth-order valence-corrected chi connectivity index (χ4v) is 8.11. The summed E-state index contributed by atoms with van der Waals surface area (Å²) in [5.74, 6) is -8.30. The molecule has 2 aromatic carbocycles. The van der Waals surface area contributed by atoms with E-state index in [2.05, 4.69) is 0 Å². The smallest absolute Gasteiger partial charge is 0.339 e. The van der Waals surface area contributed by atoms with Crippen molar-refractivity contribution in [2.75, 3.05) is 19.1 Å². The third kappa shape index (κ3) is 3.43. The Hall–Kier alpha value is -4.09. The summed E-state index contributed by atoms with van der Waals surface area (Å²) in [5.41, 5.74) is 0.574. The van der Waals surface area contributed by atoms with Crippen molar-refractivity contribution >= 4 is 58.5 Å². The van der Waals surface area contributed by atoms with Gasteiger partial charge in [-0.15, -0.1) is 23.2 Å². The van der Waals surface area contributed by atoms with Gasteiger partial charge < -0.3 is 20.1 Å². The lowest BCUT2D eigenvalue weighted by Gasteiger charge is -2.50. The van der Waals surface area contributed by atoms with Gasteiger partial charge in [-0.3, -0.25) is 24.1 Å². The molecule has 0 spiro atoms. The number of fused-ring (bicyclic) bond motifs is 4. The van der Waals surface area contributed by atoms with Crippen LogP contribution in [0.4, 0.5) is 5.69 Å². The van der Waals surface area contributed by atoms with E-state index in [4.69, 9.17) is 27.9 Å². The quantitative estimate of drug-likeness (QED) is 0.267. The van der Waals surface area contributed by atoms with Crippen molar-refractivity contribution in [3.05, 3.63) is 59.2 Å². The van der Waals surface area contributed by atoms with E-state index in [0.717, 1.165) is 21.9 Å². The van der Waals surface area contributed by atoms with Gasteiger partial charge in [0.15, 0.2) is 21.2 Å². The molecule has 0 unspecified atom stereocenters. The number of phenolic OH excluding ortho intramolecular Hbond substituents is 1. The molecular formula is C29H24Cl2N2O9. The topological polar surface area (TPSA) is 162 Å². The minimum absolute atomic E-state index is 0.00166. The molecule has 218 valence electrons. The summed E-state index contributed by atoms with van der Waals surface area (Å²) < 4.78 is 5.28. The predicted molar refractivity (Wildman–Crippen MR) is 148 cm³/mol. The highest BCUT2D eigenvalue weighted by Gasteiger charge is 2.75. The third-order valence-corrected chi connectivity index (χ3v) is 10.4. The number of carboxylic acid groups (broad SMARTS) is 1. The van der Waals surface area contributed by atoms with Crippen molar-refractivity contribution in [2.45, 2.75) is 28.5 Å². The number of carbonyl (C=O) groups is 5. The number of likely N-dealkylation sites (tertiary alicyclic amines) is 1. The number of amides is 4. The van der Waals surface area contributed by atoms with Crippen molar-refractivity contribution in [3.8, 4) is 17.2 Å². The molecule has 2 saturated heterocycles. The molecule has 0 aromatic heterocycles. The highest BCUT2D eigenvalue weighted by Crippen LogP contribution is 2.65. The van der Waals surface area contributed by atoms with E-state index in [9.17, 15) is 39.3 Å². The molecule has 3 N–H and O–H groups in total. The zero-order chi connectivity index (χ0) is 30.5. The van der Waals surface area contributed by atoms with Gasteiger partial charge in [-0.2, -0.15) is 0 Å². The monoisotopic (exact) mass is 614 g/mol. The first-order valence-corrected chi connectivity index (χ1v) is 13.7. The molecule has 42 heavy (non-hydrogen) atoms. The number of rotatable bonds is 4. The number of aromatic carboxylic acids is 1. The van der Waals surface area contributed by atoms with Gasteiger partial charge in [0.1, 0.15) is 11.3 Å². The zero-order valence-corrected chi connectivity index (χ0v) is 23.7. The van der Waals surface area contributed by atoms with Crippen LogP contribution < -0.4 is 9.64 Å². The maximum Gasteiger partial charge on any atom is 0.339 e. The largest absolute Gasteiger partial charge is 0.507 e. The van der Waals surface area contributed by atoms with Crippen LogP contribution in [0.15, 0.2) is 48.0 Å². The first kappa shape index (κ1) is 28.0. The average Bonchev–Trinajstić information content (AvgIpc) is 3.28. The average molecular weight is 615 g/mol. The van der Waals surface area contributed by atoms with Crippen molar-refractivity contribution in [3.63, 3.8) is 0 Å². The number of hydrogen-bond donors (Lipinski definition) is 3. The maximum atomic E-state index is 14.0. The van der Waals surface area contributed by atoms with Gasteiger partial charge in [-0.1, -0.05) is 17.7 Å². The number of carboxylic acids is 1. The molecule has 4 amide bonds. The first-order valence-electron chi connectivity index (χ1n) is 13.0. The Morgan fingerprint density at radius 3 is 2.33 bits per heavy atom. The summed E-state index contributed by atoms with van der Waals surface area (Å²) in [4.78, 5) is 63.9. The Bertz CT molecular complexity index is 1660. The molecule has 2 heterocycles. The predicted octanol–water partition coefficient (Wildman–Crippen LogP) is 3.00. The lowest BCUT2D eigenvalue weighted by Crippen LogP contribution is -2.60. The van der Waals surface area contributed by atoms with Crippen LogP contribution in [-0.2, 0) is 19.2 Å². The van der Waals surface area contributed by atoms with Crippen LogP contribution in [0.25, 0.3) is 0 Å².